The first kappa shape index (κ1) is 15.1. The van der Waals surface area contributed by atoms with Gasteiger partial charge in [-0.25, -0.2) is 0 Å². The molecule has 0 saturated carbocycles. The zero-order valence-electron chi connectivity index (χ0n) is 12.4. The molecule has 3 nitrogen and oxygen atoms in total. The predicted molar refractivity (Wildman–Crippen MR) is 92.3 cm³/mol. The van der Waals surface area contributed by atoms with E-state index in [2.05, 4.69) is 18.2 Å². The number of fused-ring (bicyclic) bond motifs is 1. The number of aryl methyl sites for hydroxylation is 1. The van der Waals surface area contributed by atoms with Crippen molar-refractivity contribution in [3.05, 3.63) is 60.2 Å². The first-order valence-corrected chi connectivity index (χ1v) is 8.57. The number of thioether (sulfide) groups is 1. The van der Waals surface area contributed by atoms with Gasteiger partial charge in [0.25, 0.3) is 0 Å². The lowest BCUT2D eigenvalue weighted by molar-refractivity contribution is -0.119. The summed E-state index contributed by atoms with van der Waals surface area (Å²) in [5.74, 6) is 0.677. The van der Waals surface area contributed by atoms with Crippen LogP contribution in [0.25, 0.3) is 0 Å². The van der Waals surface area contributed by atoms with Crippen molar-refractivity contribution in [2.75, 3.05) is 17.2 Å². The van der Waals surface area contributed by atoms with Gasteiger partial charge in [0.1, 0.15) is 0 Å². The number of benzene rings is 2. The maximum atomic E-state index is 12.5. The van der Waals surface area contributed by atoms with E-state index in [0.29, 0.717) is 12.3 Å². The van der Waals surface area contributed by atoms with E-state index < -0.39 is 6.04 Å². The highest BCUT2D eigenvalue weighted by Crippen LogP contribution is 2.33. The Morgan fingerprint density at radius 2 is 1.82 bits per heavy atom. The van der Waals surface area contributed by atoms with Crippen LogP contribution in [-0.2, 0) is 11.2 Å². The second-order valence-electron chi connectivity index (χ2n) is 5.46. The molecule has 2 aromatic rings. The summed E-state index contributed by atoms with van der Waals surface area (Å²) in [5.41, 5.74) is 8.32. The number of amides is 1. The van der Waals surface area contributed by atoms with Crippen molar-refractivity contribution in [3.8, 4) is 0 Å². The second-order valence-corrected chi connectivity index (χ2v) is 6.53. The molecule has 0 aromatic heterocycles. The molecule has 1 atom stereocenters. The number of carbonyl (C=O) groups excluding carboxylic acids is 1. The van der Waals surface area contributed by atoms with Crippen molar-refractivity contribution in [3.63, 3.8) is 0 Å². The predicted octanol–water partition coefficient (Wildman–Crippen LogP) is 3.09. The van der Waals surface area contributed by atoms with Crippen LogP contribution in [0.2, 0.25) is 0 Å². The monoisotopic (exact) mass is 312 g/mol. The molecule has 1 aliphatic heterocycles. The second kappa shape index (κ2) is 6.99. The molecule has 0 bridgehead atoms. The van der Waals surface area contributed by atoms with Crippen LogP contribution < -0.4 is 10.6 Å². The SMILES string of the molecule is NC1CSc2ccccc2N(CCCc2ccccc2)C1=O. The van der Waals surface area contributed by atoms with Crippen molar-refractivity contribution < 1.29 is 4.79 Å². The molecule has 22 heavy (non-hydrogen) atoms. The van der Waals surface area contributed by atoms with Gasteiger partial charge in [-0.05, 0) is 30.5 Å². The molecule has 114 valence electrons. The Morgan fingerprint density at radius 1 is 1.09 bits per heavy atom. The Hall–Kier alpha value is -1.78. The first-order chi connectivity index (χ1) is 10.8. The van der Waals surface area contributed by atoms with Gasteiger partial charge in [0.2, 0.25) is 5.91 Å². The number of rotatable bonds is 4. The fraction of sp³-hybridized carbons (Fsp3) is 0.278. The van der Waals surface area contributed by atoms with Gasteiger partial charge in [-0.1, -0.05) is 42.5 Å². The number of nitrogens with two attached hydrogens (primary N) is 1. The number of para-hydroxylation sites is 1. The van der Waals surface area contributed by atoms with Crippen molar-refractivity contribution in [1.82, 2.24) is 0 Å². The molecule has 1 amide bonds. The lowest BCUT2D eigenvalue weighted by Crippen LogP contribution is -2.44. The van der Waals surface area contributed by atoms with Gasteiger partial charge in [-0.15, -0.1) is 11.8 Å². The molecule has 4 heteroatoms. The van der Waals surface area contributed by atoms with Crippen LogP contribution in [0.4, 0.5) is 5.69 Å². The number of anilines is 1. The van der Waals surface area contributed by atoms with Crippen LogP contribution >= 0.6 is 11.8 Å². The third-order valence-electron chi connectivity index (χ3n) is 3.85. The molecular formula is C18H20N2OS. The summed E-state index contributed by atoms with van der Waals surface area (Å²) < 4.78 is 0. The highest BCUT2D eigenvalue weighted by Gasteiger charge is 2.27. The fourth-order valence-corrected chi connectivity index (χ4v) is 3.69. The molecule has 1 heterocycles. The average Bonchev–Trinajstić information content (AvgIpc) is 2.68. The van der Waals surface area contributed by atoms with Gasteiger partial charge in [-0.2, -0.15) is 0 Å². The summed E-state index contributed by atoms with van der Waals surface area (Å²) in [6, 6.07) is 18.0. The van der Waals surface area contributed by atoms with Crippen molar-refractivity contribution in [1.29, 1.82) is 0 Å². The van der Waals surface area contributed by atoms with Gasteiger partial charge in [0.15, 0.2) is 0 Å². The highest BCUT2D eigenvalue weighted by atomic mass is 32.2. The Morgan fingerprint density at radius 3 is 2.64 bits per heavy atom. The molecular weight excluding hydrogens is 292 g/mol. The smallest absolute Gasteiger partial charge is 0.244 e. The molecule has 0 saturated heterocycles. The Labute approximate surface area is 135 Å². The Bertz CT molecular complexity index is 645. The lowest BCUT2D eigenvalue weighted by atomic mass is 10.1. The Kier molecular flexibility index (Phi) is 4.80. The van der Waals surface area contributed by atoms with E-state index in [0.717, 1.165) is 23.4 Å². The van der Waals surface area contributed by atoms with Crippen LogP contribution in [0, 0.1) is 0 Å². The molecule has 0 radical (unpaired) electrons. The molecule has 1 aliphatic rings. The van der Waals surface area contributed by atoms with E-state index in [9.17, 15) is 4.79 Å². The minimum Gasteiger partial charge on any atom is -0.319 e. The van der Waals surface area contributed by atoms with E-state index >= 15 is 0 Å². The van der Waals surface area contributed by atoms with Crippen molar-refractivity contribution in [2.45, 2.75) is 23.8 Å². The number of nitrogens with zero attached hydrogens (tertiary/aromatic N) is 1. The van der Waals surface area contributed by atoms with Gasteiger partial charge >= 0.3 is 0 Å². The highest BCUT2D eigenvalue weighted by molar-refractivity contribution is 7.99. The molecule has 2 aromatic carbocycles. The van der Waals surface area contributed by atoms with E-state index in [1.165, 1.54) is 5.56 Å². The molecule has 0 spiro atoms. The molecule has 2 N–H and O–H groups in total. The molecule has 0 fully saturated rings. The van der Waals surface area contributed by atoms with Gasteiger partial charge < -0.3 is 10.6 Å². The topological polar surface area (TPSA) is 46.3 Å². The van der Waals surface area contributed by atoms with Gasteiger partial charge in [0, 0.05) is 17.2 Å². The van der Waals surface area contributed by atoms with Crippen LogP contribution in [0.3, 0.4) is 0 Å². The zero-order chi connectivity index (χ0) is 15.4. The van der Waals surface area contributed by atoms with Crippen LogP contribution in [0.15, 0.2) is 59.5 Å². The number of hydrogen-bond acceptors (Lipinski definition) is 3. The molecule has 3 rings (SSSR count). The average molecular weight is 312 g/mol. The van der Waals surface area contributed by atoms with Crippen LogP contribution in [0.1, 0.15) is 12.0 Å². The Balaban J connectivity index is 1.74. The van der Waals surface area contributed by atoms with Crippen LogP contribution in [0.5, 0.6) is 0 Å². The van der Waals surface area contributed by atoms with Gasteiger partial charge in [0.05, 0.1) is 11.7 Å². The minimum absolute atomic E-state index is 0.0329. The molecule has 1 unspecified atom stereocenters. The van der Waals surface area contributed by atoms with E-state index in [1.54, 1.807) is 11.8 Å². The standard InChI is InChI=1S/C18H20N2OS/c19-15-13-22-17-11-5-4-10-16(17)20(18(15)21)12-6-9-14-7-2-1-3-8-14/h1-5,7-8,10-11,15H,6,9,12-13,19H2. The maximum absolute atomic E-state index is 12.5. The third-order valence-corrected chi connectivity index (χ3v) is 5.03. The van der Waals surface area contributed by atoms with Crippen molar-refractivity contribution >= 4 is 23.4 Å². The summed E-state index contributed by atoms with van der Waals surface area (Å²) in [4.78, 5) is 15.5. The number of hydrogen-bond donors (Lipinski definition) is 1. The lowest BCUT2D eigenvalue weighted by Gasteiger charge is -2.24. The normalized spacial score (nSPS) is 18.0. The fourth-order valence-electron chi connectivity index (χ4n) is 2.69. The maximum Gasteiger partial charge on any atom is 0.244 e. The summed E-state index contributed by atoms with van der Waals surface area (Å²) in [7, 11) is 0. The van der Waals surface area contributed by atoms with E-state index in [1.807, 2.05) is 41.3 Å². The summed E-state index contributed by atoms with van der Waals surface area (Å²) in [5, 5.41) is 0. The van der Waals surface area contributed by atoms with E-state index in [-0.39, 0.29) is 5.91 Å². The number of carbonyl (C=O) groups is 1. The quantitative estimate of drug-likeness (QED) is 0.943. The third kappa shape index (κ3) is 3.34. The summed E-state index contributed by atoms with van der Waals surface area (Å²) in [6.45, 7) is 0.707. The van der Waals surface area contributed by atoms with Crippen LogP contribution in [-0.4, -0.2) is 24.2 Å². The largest absolute Gasteiger partial charge is 0.319 e. The summed E-state index contributed by atoms with van der Waals surface area (Å²) in [6.07, 6.45) is 1.90. The van der Waals surface area contributed by atoms with E-state index in [4.69, 9.17) is 5.73 Å². The molecule has 0 aliphatic carbocycles. The van der Waals surface area contributed by atoms with Crippen molar-refractivity contribution in [2.24, 2.45) is 5.73 Å². The first-order valence-electron chi connectivity index (χ1n) is 7.58. The van der Waals surface area contributed by atoms with Gasteiger partial charge in [-0.3, -0.25) is 4.79 Å². The summed E-state index contributed by atoms with van der Waals surface area (Å²) >= 11 is 1.67. The zero-order valence-corrected chi connectivity index (χ0v) is 13.3. The minimum atomic E-state index is -0.422.